The minimum atomic E-state index is -1.38. The van der Waals surface area contributed by atoms with Crippen molar-refractivity contribution >= 4 is 23.9 Å². The molecule has 3 N–H and O–H groups in total. The summed E-state index contributed by atoms with van der Waals surface area (Å²) in [7, 11) is 1.08. The summed E-state index contributed by atoms with van der Waals surface area (Å²) >= 11 is 0. The predicted molar refractivity (Wildman–Crippen MR) is 65.0 cm³/mol. The van der Waals surface area contributed by atoms with E-state index in [1.165, 1.54) is 12.2 Å². The lowest BCUT2D eigenvalue weighted by Gasteiger charge is -2.47. The quantitative estimate of drug-likeness (QED) is 0.474. The molecule has 6 atom stereocenters. The van der Waals surface area contributed by atoms with Crippen molar-refractivity contribution in [1.29, 1.82) is 0 Å². The van der Waals surface area contributed by atoms with E-state index < -0.39 is 59.4 Å². The zero-order chi connectivity index (χ0) is 15.9. The highest BCUT2D eigenvalue weighted by molar-refractivity contribution is 5.88. The van der Waals surface area contributed by atoms with E-state index >= 15 is 0 Å². The van der Waals surface area contributed by atoms with Gasteiger partial charge in [-0.1, -0.05) is 12.2 Å². The maximum atomic E-state index is 11.9. The first-order valence-electron chi connectivity index (χ1n) is 6.25. The molecule has 114 valence electrons. The second kappa shape index (κ2) is 5.19. The summed E-state index contributed by atoms with van der Waals surface area (Å²) in [5, 5.41) is 27.9. The largest absolute Gasteiger partial charge is 0.481 e. The summed E-state index contributed by atoms with van der Waals surface area (Å²) in [6, 6.07) is 0. The van der Waals surface area contributed by atoms with Crippen LogP contribution in [0.3, 0.4) is 0 Å². The van der Waals surface area contributed by atoms with E-state index in [4.69, 9.17) is 0 Å². The molecule has 0 aromatic rings. The molecule has 6 unspecified atom stereocenters. The number of hydrogen-bond acceptors (Lipinski definition) is 5. The number of allylic oxidation sites excluding steroid dienone is 2. The Morgan fingerprint density at radius 3 is 1.43 bits per heavy atom. The van der Waals surface area contributed by atoms with Crippen LogP contribution in [0.15, 0.2) is 12.2 Å². The van der Waals surface area contributed by atoms with Gasteiger partial charge in [-0.05, 0) is 0 Å². The molecule has 0 amide bonds. The third-order valence-electron chi connectivity index (χ3n) is 4.32. The highest BCUT2D eigenvalue weighted by Gasteiger charge is 2.61. The fourth-order valence-corrected chi connectivity index (χ4v) is 3.53. The van der Waals surface area contributed by atoms with Crippen molar-refractivity contribution in [1.82, 2.24) is 0 Å². The van der Waals surface area contributed by atoms with Gasteiger partial charge in [-0.15, -0.1) is 0 Å². The maximum absolute atomic E-state index is 11.9. The zero-order valence-corrected chi connectivity index (χ0v) is 11.0. The van der Waals surface area contributed by atoms with Crippen molar-refractivity contribution in [2.45, 2.75) is 0 Å². The third kappa shape index (κ3) is 2.16. The molecule has 0 aromatic heterocycles. The Morgan fingerprint density at radius 2 is 1.10 bits per heavy atom. The normalized spacial score (nSPS) is 37.0. The van der Waals surface area contributed by atoms with Gasteiger partial charge in [0.05, 0.1) is 30.8 Å². The fourth-order valence-electron chi connectivity index (χ4n) is 3.53. The van der Waals surface area contributed by atoms with Gasteiger partial charge in [-0.25, -0.2) is 0 Å². The lowest BCUT2D eigenvalue weighted by molar-refractivity contribution is -0.179. The van der Waals surface area contributed by atoms with E-state index in [1.807, 2.05) is 0 Å². The fraction of sp³-hybridized carbons (Fsp3) is 0.538. The van der Waals surface area contributed by atoms with Crippen molar-refractivity contribution in [2.24, 2.45) is 35.5 Å². The van der Waals surface area contributed by atoms with Gasteiger partial charge in [0.2, 0.25) is 0 Å². The van der Waals surface area contributed by atoms with Crippen molar-refractivity contribution in [2.75, 3.05) is 7.11 Å². The summed E-state index contributed by atoms with van der Waals surface area (Å²) in [6.07, 6.45) is 2.81. The standard InChI is InChI=1S/C13H14O8/c1-21-13(20)9-5-3-2-4(8(9)12(18)19)6(10(14)15)7(5)11(16)17/h2-9H,1H3,(H,14,15)(H,16,17)(H,18,19). The van der Waals surface area contributed by atoms with Gasteiger partial charge in [-0.2, -0.15) is 0 Å². The number of fused-ring (bicyclic) bond motifs is 2. The topological polar surface area (TPSA) is 138 Å². The molecule has 0 spiro atoms. The first-order valence-corrected chi connectivity index (χ1v) is 6.25. The average Bonchev–Trinajstić information content (AvgIpc) is 2.44. The van der Waals surface area contributed by atoms with Gasteiger partial charge in [0, 0.05) is 11.8 Å². The van der Waals surface area contributed by atoms with Gasteiger partial charge >= 0.3 is 23.9 Å². The van der Waals surface area contributed by atoms with Crippen LogP contribution in [-0.2, 0) is 23.9 Å². The predicted octanol–water partition coefficient (Wildman–Crippen LogP) is -0.306. The number of carboxylic acids is 3. The number of carbonyl (C=O) groups is 4. The molecule has 0 saturated heterocycles. The molecule has 1 saturated carbocycles. The molecule has 3 aliphatic rings. The molecule has 8 heteroatoms. The van der Waals surface area contributed by atoms with Crippen LogP contribution in [0.2, 0.25) is 0 Å². The number of rotatable bonds is 4. The summed E-state index contributed by atoms with van der Waals surface area (Å²) in [5.74, 6) is -12.2. The number of methoxy groups -OCH3 is 1. The molecule has 0 radical (unpaired) electrons. The lowest BCUT2D eigenvalue weighted by Crippen LogP contribution is -2.57. The van der Waals surface area contributed by atoms with Crippen LogP contribution in [0.25, 0.3) is 0 Å². The molecular formula is C13H14O8. The monoisotopic (exact) mass is 298 g/mol. The SMILES string of the molecule is COC(=O)C1C2C=CC(C(C(=O)O)C2C(=O)O)C1C(=O)O. The van der Waals surface area contributed by atoms with Crippen molar-refractivity contribution in [3.63, 3.8) is 0 Å². The highest BCUT2D eigenvalue weighted by atomic mass is 16.5. The molecule has 8 nitrogen and oxygen atoms in total. The van der Waals surface area contributed by atoms with Crippen LogP contribution >= 0.6 is 0 Å². The van der Waals surface area contributed by atoms with Gasteiger partial charge in [0.1, 0.15) is 0 Å². The minimum Gasteiger partial charge on any atom is -0.481 e. The van der Waals surface area contributed by atoms with Crippen molar-refractivity contribution < 1.29 is 39.2 Å². The zero-order valence-electron chi connectivity index (χ0n) is 11.0. The first-order chi connectivity index (χ1) is 9.81. The summed E-state index contributed by atoms with van der Waals surface area (Å²) in [4.78, 5) is 46.1. The Labute approximate surface area is 119 Å². The average molecular weight is 298 g/mol. The van der Waals surface area contributed by atoms with E-state index in [2.05, 4.69) is 4.74 Å². The Hall–Kier alpha value is -2.38. The molecule has 2 bridgehead atoms. The molecule has 3 aliphatic carbocycles. The van der Waals surface area contributed by atoms with Gasteiger partial charge in [-0.3, -0.25) is 19.2 Å². The van der Waals surface area contributed by atoms with Crippen LogP contribution in [-0.4, -0.2) is 46.3 Å². The van der Waals surface area contributed by atoms with E-state index in [-0.39, 0.29) is 0 Å². The van der Waals surface area contributed by atoms with Gasteiger partial charge < -0.3 is 20.1 Å². The number of esters is 1. The lowest BCUT2D eigenvalue weighted by atomic mass is 9.53. The van der Waals surface area contributed by atoms with Crippen LogP contribution < -0.4 is 0 Å². The van der Waals surface area contributed by atoms with Crippen LogP contribution in [0.1, 0.15) is 0 Å². The number of hydrogen-bond donors (Lipinski definition) is 3. The maximum Gasteiger partial charge on any atom is 0.310 e. The van der Waals surface area contributed by atoms with E-state index in [1.54, 1.807) is 0 Å². The molecule has 0 aromatic carbocycles. The summed E-state index contributed by atoms with van der Waals surface area (Å²) < 4.78 is 4.57. The number of carboxylic acid groups (broad SMARTS) is 3. The highest BCUT2D eigenvalue weighted by Crippen LogP contribution is 2.52. The number of aliphatic carboxylic acids is 3. The molecule has 3 rings (SSSR count). The summed E-state index contributed by atoms with van der Waals surface area (Å²) in [5.41, 5.74) is 0. The Morgan fingerprint density at radius 1 is 0.762 bits per heavy atom. The second-order valence-corrected chi connectivity index (χ2v) is 5.18. The number of carbonyl (C=O) groups excluding carboxylic acids is 1. The van der Waals surface area contributed by atoms with E-state index in [0.717, 1.165) is 7.11 Å². The molecule has 21 heavy (non-hydrogen) atoms. The minimum absolute atomic E-state index is 0.836. The molecular weight excluding hydrogens is 284 g/mol. The molecule has 0 aliphatic heterocycles. The van der Waals surface area contributed by atoms with E-state index in [9.17, 15) is 34.5 Å². The van der Waals surface area contributed by atoms with Crippen LogP contribution in [0, 0.1) is 35.5 Å². The molecule has 1 fully saturated rings. The van der Waals surface area contributed by atoms with Gasteiger partial charge in [0.25, 0.3) is 0 Å². The first kappa shape index (κ1) is 15.0. The summed E-state index contributed by atoms with van der Waals surface area (Å²) in [6.45, 7) is 0. The van der Waals surface area contributed by atoms with Crippen LogP contribution in [0.5, 0.6) is 0 Å². The molecule has 0 heterocycles. The smallest absolute Gasteiger partial charge is 0.310 e. The van der Waals surface area contributed by atoms with E-state index in [0.29, 0.717) is 0 Å². The Balaban J connectivity index is 2.55. The van der Waals surface area contributed by atoms with Crippen molar-refractivity contribution in [3.05, 3.63) is 12.2 Å². The Kier molecular flexibility index (Phi) is 3.71. The number of ether oxygens (including phenoxy) is 1. The Bertz CT molecular complexity index is 536. The van der Waals surface area contributed by atoms with Gasteiger partial charge in [0.15, 0.2) is 0 Å². The third-order valence-corrected chi connectivity index (χ3v) is 4.32. The van der Waals surface area contributed by atoms with Crippen LogP contribution in [0.4, 0.5) is 0 Å². The van der Waals surface area contributed by atoms with Crippen molar-refractivity contribution in [3.8, 4) is 0 Å². The second-order valence-electron chi connectivity index (χ2n) is 5.18.